The molecule has 0 heterocycles. The first-order valence-corrected chi connectivity index (χ1v) is 7.74. The fourth-order valence-corrected chi connectivity index (χ4v) is 2.25. The minimum Gasteiger partial charge on any atom is -0.326 e. The number of nitrogens with one attached hydrogen (secondary N) is 2. The zero-order valence-electron chi connectivity index (χ0n) is 12.9. The highest BCUT2D eigenvalue weighted by Crippen LogP contribution is 2.16. The number of hydrogen-bond acceptors (Lipinski definition) is 2. The smallest absolute Gasteiger partial charge is 0.225 e. The van der Waals surface area contributed by atoms with Crippen molar-refractivity contribution in [2.45, 2.75) is 26.8 Å². The van der Waals surface area contributed by atoms with Crippen LogP contribution in [0.2, 0.25) is 5.02 Å². The van der Waals surface area contributed by atoms with E-state index in [0.717, 1.165) is 33.9 Å². The predicted octanol–water partition coefficient (Wildman–Crippen LogP) is 4.08. The Morgan fingerprint density at radius 2 is 1.82 bits per heavy atom. The van der Waals surface area contributed by atoms with Crippen LogP contribution in [0.1, 0.15) is 23.1 Å². The summed E-state index contributed by atoms with van der Waals surface area (Å²) >= 11 is 5.84. The summed E-state index contributed by atoms with van der Waals surface area (Å²) in [6.45, 7) is 5.38. The minimum atomic E-state index is 0.0253. The highest BCUT2D eigenvalue weighted by atomic mass is 35.5. The Bertz CT molecular complexity index is 638. The largest absolute Gasteiger partial charge is 0.326 e. The van der Waals surface area contributed by atoms with Gasteiger partial charge >= 0.3 is 0 Å². The molecule has 2 rings (SSSR count). The molecule has 0 radical (unpaired) electrons. The Kier molecular flexibility index (Phi) is 5.99. The predicted molar refractivity (Wildman–Crippen MR) is 92.3 cm³/mol. The van der Waals surface area contributed by atoms with Gasteiger partial charge in [-0.2, -0.15) is 0 Å². The van der Waals surface area contributed by atoms with Crippen molar-refractivity contribution in [1.29, 1.82) is 0 Å². The Hall–Kier alpha value is -1.84. The standard InChI is InChI=1S/C18H21ClN2O/c1-13-3-4-14(2)17(11-13)21-18(22)9-10-20-12-15-5-7-16(19)8-6-15/h3-8,11,20H,9-10,12H2,1-2H3,(H,21,22). The van der Waals surface area contributed by atoms with E-state index in [1.807, 2.05) is 56.3 Å². The van der Waals surface area contributed by atoms with Crippen molar-refractivity contribution >= 4 is 23.2 Å². The van der Waals surface area contributed by atoms with Crippen molar-refractivity contribution < 1.29 is 4.79 Å². The molecule has 3 nitrogen and oxygen atoms in total. The lowest BCUT2D eigenvalue weighted by atomic mass is 10.1. The van der Waals surface area contributed by atoms with E-state index in [9.17, 15) is 4.79 Å². The van der Waals surface area contributed by atoms with Gasteiger partial charge in [-0.1, -0.05) is 35.9 Å². The maximum absolute atomic E-state index is 12.0. The van der Waals surface area contributed by atoms with E-state index < -0.39 is 0 Å². The molecule has 0 spiro atoms. The van der Waals surface area contributed by atoms with Gasteiger partial charge in [0.1, 0.15) is 0 Å². The monoisotopic (exact) mass is 316 g/mol. The highest BCUT2D eigenvalue weighted by Gasteiger charge is 2.04. The lowest BCUT2D eigenvalue weighted by Crippen LogP contribution is -2.21. The van der Waals surface area contributed by atoms with Crippen LogP contribution >= 0.6 is 11.6 Å². The molecule has 4 heteroatoms. The van der Waals surface area contributed by atoms with E-state index in [1.165, 1.54) is 0 Å². The topological polar surface area (TPSA) is 41.1 Å². The summed E-state index contributed by atoms with van der Waals surface area (Å²) in [4.78, 5) is 12.0. The van der Waals surface area contributed by atoms with Gasteiger partial charge in [0.25, 0.3) is 0 Å². The summed E-state index contributed by atoms with van der Waals surface area (Å²) in [6.07, 6.45) is 0.445. The second-order valence-corrected chi connectivity index (χ2v) is 5.86. The average Bonchev–Trinajstić information content (AvgIpc) is 2.49. The zero-order chi connectivity index (χ0) is 15.9. The van der Waals surface area contributed by atoms with Crippen LogP contribution in [-0.4, -0.2) is 12.5 Å². The molecule has 2 aromatic rings. The Labute approximate surface area is 136 Å². The van der Waals surface area contributed by atoms with Crippen molar-refractivity contribution in [3.8, 4) is 0 Å². The van der Waals surface area contributed by atoms with Crippen molar-refractivity contribution in [3.63, 3.8) is 0 Å². The summed E-state index contributed by atoms with van der Waals surface area (Å²) in [5.41, 5.74) is 4.26. The van der Waals surface area contributed by atoms with Crippen LogP contribution in [0.3, 0.4) is 0 Å². The van der Waals surface area contributed by atoms with Crippen molar-refractivity contribution in [2.75, 3.05) is 11.9 Å². The minimum absolute atomic E-state index is 0.0253. The number of carbonyl (C=O) groups is 1. The van der Waals surface area contributed by atoms with Crippen LogP contribution in [0.25, 0.3) is 0 Å². The number of aryl methyl sites for hydroxylation is 2. The molecule has 1 amide bonds. The van der Waals surface area contributed by atoms with Gasteiger partial charge in [-0.15, -0.1) is 0 Å². The summed E-state index contributed by atoms with van der Waals surface area (Å²) in [5.74, 6) is 0.0253. The SMILES string of the molecule is Cc1ccc(C)c(NC(=O)CCNCc2ccc(Cl)cc2)c1. The fraction of sp³-hybridized carbons (Fsp3) is 0.278. The molecule has 0 saturated carbocycles. The summed E-state index contributed by atoms with van der Waals surface area (Å²) < 4.78 is 0. The second-order valence-electron chi connectivity index (χ2n) is 5.42. The quantitative estimate of drug-likeness (QED) is 0.789. The number of rotatable bonds is 6. The fourth-order valence-electron chi connectivity index (χ4n) is 2.12. The molecule has 2 aromatic carbocycles. The first-order chi connectivity index (χ1) is 10.5. The maximum Gasteiger partial charge on any atom is 0.225 e. The molecular weight excluding hydrogens is 296 g/mol. The first kappa shape index (κ1) is 16.5. The number of amides is 1. The van der Waals surface area contributed by atoms with Crippen molar-refractivity contribution in [3.05, 3.63) is 64.2 Å². The highest BCUT2D eigenvalue weighted by molar-refractivity contribution is 6.30. The molecule has 0 aliphatic rings. The van der Waals surface area contributed by atoms with E-state index in [1.54, 1.807) is 0 Å². The zero-order valence-corrected chi connectivity index (χ0v) is 13.7. The third-order valence-electron chi connectivity index (χ3n) is 3.44. The molecule has 0 fully saturated rings. The van der Waals surface area contributed by atoms with Gasteiger partial charge in [0.15, 0.2) is 0 Å². The van der Waals surface area contributed by atoms with Gasteiger partial charge in [-0.3, -0.25) is 4.79 Å². The van der Waals surface area contributed by atoms with Gasteiger partial charge in [-0.25, -0.2) is 0 Å². The summed E-state index contributed by atoms with van der Waals surface area (Å²) in [5, 5.41) is 6.95. The number of benzene rings is 2. The lowest BCUT2D eigenvalue weighted by molar-refractivity contribution is -0.116. The van der Waals surface area contributed by atoms with Crippen LogP contribution in [0.5, 0.6) is 0 Å². The average molecular weight is 317 g/mol. The maximum atomic E-state index is 12.0. The third kappa shape index (κ3) is 5.17. The van der Waals surface area contributed by atoms with E-state index >= 15 is 0 Å². The molecule has 116 valence electrons. The van der Waals surface area contributed by atoms with Crippen LogP contribution in [0, 0.1) is 13.8 Å². The Morgan fingerprint density at radius 1 is 1.09 bits per heavy atom. The molecule has 0 aliphatic heterocycles. The van der Waals surface area contributed by atoms with Crippen molar-refractivity contribution in [2.24, 2.45) is 0 Å². The summed E-state index contributed by atoms with van der Waals surface area (Å²) in [6, 6.07) is 13.7. The molecule has 0 atom stereocenters. The van der Waals surface area contributed by atoms with Crippen LogP contribution < -0.4 is 10.6 Å². The molecule has 0 aliphatic carbocycles. The molecule has 22 heavy (non-hydrogen) atoms. The molecule has 0 saturated heterocycles. The number of hydrogen-bond donors (Lipinski definition) is 2. The molecule has 2 N–H and O–H groups in total. The first-order valence-electron chi connectivity index (χ1n) is 7.37. The van der Waals surface area contributed by atoms with E-state index in [0.29, 0.717) is 13.0 Å². The molecular formula is C18H21ClN2O. The number of halogens is 1. The van der Waals surface area contributed by atoms with Crippen LogP contribution in [0.4, 0.5) is 5.69 Å². The van der Waals surface area contributed by atoms with Crippen LogP contribution in [0.15, 0.2) is 42.5 Å². The second kappa shape index (κ2) is 7.97. The van der Waals surface area contributed by atoms with Gasteiger partial charge in [-0.05, 0) is 48.7 Å². The number of anilines is 1. The Balaban J connectivity index is 1.74. The van der Waals surface area contributed by atoms with E-state index in [4.69, 9.17) is 11.6 Å². The van der Waals surface area contributed by atoms with Gasteiger partial charge in [0.2, 0.25) is 5.91 Å². The van der Waals surface area contributed by atoms with Gasteiger partial charge in [0, 0.05) is 30.2 Å². The molecule has 0 aromatic heterocycles. The van der Waals surface area contributed by atoms with E-state index in [-0.39, 0.29) is 5.91 Å². The molecule has 0 unspecified atom stereocenters. The number of carbonyl (C=O) groups excluding carboxylic acids is 1. The normalized spacial score (nSPS) is 10.5. The third-order valence-corrected chi connectivity index (χ3v) is 3.69. The Morgan fingerprint density at radius 3 is 2.55 bits per heavy atom. The van der Waals surface area contributed by atoms with Gasteiger partial charge in [0.05, 0.1) is 0 Å². The van der Waals surface area contributed by atoms with Crippen LogP contribution in [-0.2, 0) is 11.3 Å². The van der Waals surface area contributed by atoms with E-state index in [2.05, 4.69) is 10.6 Å². The van der Waals surface area contributed by atoms with Gasteiger partial charge < -0.3 is 10.6 Å². The lowest BCUT2D eigenvalue weighted by Gasteiger charge is -2.10. The summed E-state index contributed by atoms with van der Waals surface area (Å²) in [7, 11) is 0. The van der Waals surface area contributed by atoms with Crippen molar-refractivity contribution in [1.82, 2.24) is 5.32 Å². The molecule has 0 bridgehead atoms.